The molecule has 0 radical (unpaired) electrons. The van der Waals surface area contributed by atoms with Crippen LogP contribution in [0.3, 0.4) is 0 Å². The van der Waals surface area contributed by atoms with E-state index in [1.807, 2.05) is 0 Å². The van der Waals surface area contributed by atoms with Crippen LogP contribution in [0.5, 0.6) is 11.5 Å². The van der Waals surface area contributed by atoms with Crippen molar-refractivity contribution < 1.29 is 27.7 Å². The minimum atomic E-state index is -1.22. The van der Waals surface area contributed by atoms with Crippen LogP contribution >= 0.6 is 0 Å². The van der Waals surface area contributed by atoms with Gasteiger partial charge in [-0.2, -0.15) is 4.73 Å². The topological polar surface area (TPSA) is 84.4 Å². The lowest BCUT2D eigenvalue weighted by atomic mass is 10.2. The van der Waals surface area contributed by atoms with Crippen molar-refractivity contribution >= 4 is 22.5 Å². The van der Waals surface area contributed by atoms with Crippen molar-refractivity contribution in [1.82, 2.24) is 0 Å². The monoisotopic (exact) mass is 363 g/mol. The second-order valence-electron chi connectivity index (χ2n) is 5.47. The molecule has 0 spiro atoms. The van der Waals surface area contributed by atoms with E-state index in [0.717, 1.165) is 0 Å². The number of ether oxygens (including phenoxy) is 2. The van der Waals surface area contributed by atoms with Crippen LogP contribution in [0.15, 0.2) is 30.3 Å². The maximum absolute atomic E-state index is 13.5. The number of benzene rings is 2. The van der Waals surface area contributed by atoms with Crippen LogP contribution < -0.4 is 24.3 Å². The lowest BCUT2D eigenvalue weighted by molar-refractivity contribution is -0.623. The number of hydrogen-bond donors (Lipinski definition) is 1. The third-order valence-corrected chi connectivity index (χ3v) is 3.95. The highest BCUT2D eigenvalue weighted by Crippen LogP contribution is 2.31. The first-order chi connectivity index (χ1) is 12.4. The molecular weight excluding hydrogens is 348 g/mol. The zero-order chi connectivity index (χ0) is 19.0. The molecule has 0 aliphatic rings. The molecule has 136 valence electrons. The van der Waals surface area contributed by atoms with Crippen LogP contribution in [0.2, 0.25) is 0 Å². The van der Waals surface area contributed by atoms with Crippen LogP contribution in [0, 0.1) is 29.0 Å². The van der Waals surface area contributed by atoms with Crippen molar-refractivity contribution in [2.75, 3.05) is 19.5 Å². The number of hydrogen-bond acceptors (Lipinski definition) is 5. The molecule has 0 amide bonds. The van der Waals surface area contributed by atoms with Gasteiger partial charge in [0, 0.05) is 19.1 Å². The zero-order valence-electron chi connectivity index (χ0n) is 14.2. The summed E-state index contributed by atoms with van der Waals surface area (Å²) in [7, 11) is 2.94. The van der Waals surface area contributed by atoms with E-state index in [1.54, 1.807) is 18.2 Å². The number of anilines is 2. The quantitative estimate of drug-likeness (QED) is 0.569. The summed E-state index contributed by atoms with van der Waals surface area (Å²) in [6.07, 6.45) is 0. The third kappa shape index (κ3) is 2.77. The highest BCUT2D eigenvalue weighted by atomic mass is 19.2. The summed E-state index contributed by atoms with van der Waals surface area (Å²) in [5, 5.41) is 27.8. The van der Waals surface area contributed by atoms with Gasteiger partial charge < -0.3 is 19.9 Å². The van der Waals surface area contributed by atoms with Crippen LogP contribution in [-0.2, 0) is 0 Å². The Kier molecular flexibility index (Phi) is 4.37. The summed E-state index contributed by atoms with van der Waals surface area (Å²) >= 11 is 0. The van der Waals surface area contributed by atoms with E-state index in [0.29, 0.717) is 38.8 Å². The zero-order valence-corrected chi connectivity index (χ0v) is 14.2. The molecule has 7 nitrogen and oxygen atoms in total. The summed E-state index contributed by atoms with van der Waals surface area (Å²) in [4.78, 5) is 0. The fourth-order valence-corrected chi connectivity index (χ4v) is 2.59. The van der Waals surface area contributed by atoms with Crippen LogP contribution in [0.4, 0.5) is 20.3 Å². The van der Waals surface area contributed by atoms with Gasteiger partial charge in [-0.25, -0.2) is 18.8 Å². The Bertz CT molecular complexity index is 1010. The molecule has 3 aromatic rings. The van der Waals surface area contributed by atoms with E-state index in [2.05, 4.69) is 5.32 Å². The van der Waals surface area contributed by atoms with Gasteiger partial charge in [0.15, 0.2) is 23.1 Å². The Labute approximate surface area is 147 Å². The molecule has 9 heteroatoms. The maximum atomic E-state index is 13.5. The molecule has 0 aliphatic heterocycles. The van der Waals surface area contributed by atoms with E-state index >= 15 is 0 Å². The predicted octanol–water partition coefficient (Wildman–Crippen LogP) is 2.45. The van der Waals surface area contributed by atoms with Gasteiger partial charge in [-0.05, 0) is 12.1 Å². The first-order valence-electron chi connectivity index (χ1n) is 7.51. The summed E-state index contributed by atoms with van der Waals surface area (Å²) in [6.45, 7) is 1.39. The largest absolute Gasteiger partial charge is 0.710 e. The molecule has 0 atom stereocenters. The summed E-state index contributed by atoms with van der Waals surface area (Å²) in [5.41, 5.74) is -0.132. The number of methoxy groups -OCH3 is 2. The van der Waals surface area contributed by atoms with Crippen molar-refractivity contribution in [3.05, 3.63) is 58.1 Å². The smallest absolute Gasteiger partial charge is 0.352 e. The standard InChI is InChI=1S/C17H15F2N3O4/c1-9-17(20-10-4-5-15(25-2)16(6-10)26-3)22(24)14-8-12(19)11(18)7-13(14)21(9)23/h4-8,20H,1-3H3. The number of nitrogens with zero attached hydrogens (tertiary/aromatic N) is 2. The van der Waals surface area contributed by atoms with Gasteiger partial charge in [0.1, 0.15) is 5.69 Å². The van der Waals surface area contributed by atoms with Crippen molar-refractivity contribution in [3.63, 3.8) is 0 Å². The molecular formula is C17H15F2N3O4. The Morgan fingerprint density at radius 3 is 2.04 bits per heavy atom. The van der Waals surface area contributed by atoms with Crippen LogP contribution in [0.25, 0.3) is 11.0 Å². The Hall–Kier alpha value is -3.36. The first kappa shape index (κ1) is 17.5. The fraction of sp³-hybridized carbons (Fsp3) is 0.176. The van der Waals surface area contributed by atoms with Gasteiger partial charge in [-0.3, -0.25) is 0 Å². The molecule has 0 unspecified atom stereocenters. The van der Waals surface area contributed by atoms with Crippen molar-refractivity contribution in [2.45, 2.75) is 6.92 Å². The number of nitrogens with one attached hydrogen (secondary N) is 1. The van der Waals surface area contributed by atoms with E-state index in [4.69, 9.17) is 9.47 Å². The molecule has 0 fully saturated rings. The first-order valence-corrected chi connectivity index (χ1v) is 7.51. The highest BCUT2D eigenvalue weighted by molar-refractivity contribution is 5.70. The maximum Gasteiger partial charge on any atom is 0.352 e. The van der Waals surface area contributed by atoms with Gasteiger partial charge in [-0.15, -0.1) is 0 Å². The minimum Gasteiger partial charge on any atom is -0.710 e. The third-order valence-electron chi connectivity index (χ3n) is 3.95. The van der Waals surface area contributed by atoms with E-state index in [-0.39, 0.29) is 22.5 Å². The van der Waals surface area contributed by atoms with Crippen molar-refractivity contribution in [2.24, 2.45) is 0 Å². The molecule has 26 heavy (non-hydrogen) atoms. The second kappa shape index (κ2) is 6.51. The number of rotatable bonds is 4. The predicted molar refractivity (Wildman–Crippen MR) is 89.3 cm³/mol. The SMILES string of the molecule is COc1ccc(Nc2c(C)[n+]([O-])c3cc(F)c(F)cc3[n+]2[O-])cc1OC. The number of halogens is 2. The molecule has 1 N–H and O–H groups in total. The molecule has 1 aromatic heterocycles. The van der Waals surface area contributed by atoms with Crippen molar-refractivity contribution in [1.29, 1.82) is 0 Å². The van der Waals surface area contributed by atoms with Gasteiger partial charge in [-0.1, -0.05) is 0 Å². The summed E-state index contributed by atoms with van der Waals surface area (Å²) in [5.74, 6) is -1.65. The fourth-order valence-electron chi connectivity index (χ4n) is 2.59. The molecule has 3 rings (SSSR count). The Morgan fingerprint density at radius 2 is 1.46 bits per heavy atom. The Morgan fingerprint density at radius 1 is 0.885 bits per heavy atom. The normalized spacial score (nSPS) is 10.8. The Balaban J connectivity index is 2.15. The van der Waals surface area contributed by atoms with E-state index < -0.39 is 11.6 Å². The van der Waals surface area contributed by atoms with Gasteiger partial charge in [0.05, 0.1) is 20.3 Å². The average molecular weight is 363 g/mol. The lowest BCUT2D eigenvalue weighted by Gasteiger charge is -2.15. The van der Waals surface area contributed by atoms with Crippen LogP contribution in [0.1, 0.15) is 5.69 Å². The van der Waals surface area contributed by atoms with Gasteiger partial charge in [0.2, 0.25) is 5.52 Å². The highest BCUT2D eigenvalue weighted by Gasteiger charge is 2.25. The molecule has 0 saturated carbocycles. The van der Waals surface area contributed by atoms with E-state index in [9.17, 15) is 19.2 Å². The molecule has 0 aliphatic carbocycles. The summed E-state index contributed by atoms with van der Waals surface area (Å²) in [6, 6.07) is 6.19. The molecule has 0 saturated heterocycles. The number of aromatic nitrogens is 2. The minimum absolute atomic E-state index is 0.00621. The van der Waals surface area contributed by atoms with Gasteiger partial charge >= 0.3 is 5.82 Å². The van der Waals surface area contributed by atoms with Gasteiger partial charge in [0.25, 0.3) is 11.2 Å². The second-order valence-corrected chi connectivity index (χ2v) is 5.47. The number of fused-ring (bicyclic) bond motifs is 1. The molecule has 2 aromatic carbocycles. The van der Waals surface area contributed by atoms with E-state index in [1.165, 1.54) is 21.1 Å². The molecule has 1 heterocycles. The summed E-state index contributed by atoms with van der Waals surface area (Å²) < 4.78 is 38.0. The average Bonchev–Trinajstić information content (AvgIpc) is 2.64. The molecule has 0 bridgehead atoms. The van der Waals surface area contributed by atoms with Crippen LogP contribution in [-0.4, -0.2) is 14.2 Å². The van der Waals surface area contributed by atoms with Crippen molar-refractivity contribution in [3.8, 4) is 11.5 Å². The lowest BCUT2D eigenvalue weighted by Crippen LogP contribution is -2.43.